The Bertz CT molecular complexity index is 1210. The number of carbonyl (C=O) groups excluding carboxylic acids is 1. The molecule has 0 spiro atoms. The van der Waals surface area contributed by atoms with Crippen LogP contribution in [0.4, 0.5) is 0 Å². The van der Waals surface area contributed by atoms with Crippen molar-refractivity contribution in [3.8, 4) is 11.5 Å². The molecular weight excluding hydrogens is 386 g/mol. The van der Waals surface area contributed by atoms with Crippen LogP contribution in [0.1, 0.15) is 53.6 Å². The lowest BCUT2D eigenvalue weighted by molar-refractivity contribution is 0.0670. The number of nitrogens with zero attached hydrogens (tertiary/aromatic N) is 7. The number of aromatic nitrogens is 6. The first-order chi connectivity index (χ1) is 14.6. The summed E-state index contributed by atoms with van der Waals surface area (Å²) in [5.41, 5.74) is 2.38. The molecule has 5 rings (SSSR count). The minimum Gasteiger partial charge on any atom is -0.336 e. The zero-order valence-electron chi connectivity index (χ0n) is 16.8. The molecule has 154 valence electrons. The highest BCUT2D eigenvalue weighted by Crippen LogP contribution is 2.31. The highest BCUT2D eigenvalue weighted by molar-refractivity contribution is 5.97. The Kier molecular flexibility index (Phi) is 4.53. The van der Waals surface area contributed by atoms with Crippen molar-refractivity contribution in [2.24, 2.45) is 7.05 Å². The van der Waals surface area contributed by atoms with Gasteiger partial charge in [-0.15, -0.1) is 0 Å². The summed E-state index contributed by atoms with van der Waals surface area (Å²) >= 11 is 0. The van der Waals surface area contributed by atoms with Gasteiger partial charge >= 0.3 is 0 Å². The van der Waals surface area contributed by atoms with E-state index in [2.05, 4.69) is 25.4 Å². The fourth-order valence-corrected chi connectivity index (χ4v) is 3.87. The molecule has 0 saturated carbocycles. The number of fused-ring (bicyclic) bond motifs is 1. The Labute approximate surface area is 171 Å². The molecule has 0 aliphatic carbocycles. The standard InChI is InChI=1S/C20H21N7O3/c1-12-15-8-13(9-21-19(15)30-24-12)20(28)27-7-5-3-4-6-16(27)17-23-18(29-25-17)14-10-22-26(2)11-14/h8-11,16H,3-7H2,1-2H3/t16-/m0/s1. The second kappa shape index (κ2) is 7.36. The molecule has 1 fully saturated rings. The van der Waals surface area contributed by atoms with Gasteiger partial charge in [0, 0.05) is 26.0 Å². The minimum atomic E-state index is -0.256. The van der Waals surface area contributed by atoms with Gasteiger partial charge in [-0.3, -0.25) is 9.48 Å². The molecule has 1 amide bonds. The van der Waals surface area contributed by atoms with Crippen molar-refractivity contribution in [3.05, 3.63) is 41.7 Å². The topological polar surface area (TPSA) is 116 Å². The van der Waals surface area contributed by atoms with E-state index in [4.69, 9.17) is 9.05 Å². The number of likely N-dealkylation sites (tertiary alicyclic amines) is 1. The Morgan fingerprint density at radius 3 is 2.90 bits per heavy atom. The molecule has 0 radical (unpaired) electrons. The normalized spacial score (nSPS) is 17.4. The maximum Gasteiger partial charge on any atom is 0.261 e. The van der Waals surface area contributed by atoms with Crippen molar-refractivity contribution in [2.75, 3.05) is 6.54 Å². The van der Waals surface area contributed by atoms with Crippen LogP contribution >= 0.6 is 0 Å². The molecular formula is C20H21N7O3. The van der Waals surface area contributed by atoms with Crippen LogP contribution in [-0.4, -0.2) is 47.4 Å². The van der Waals surface area contributed by atoms with Crippen molar-refractivity contribution < 1.29 is 13.8 Å². The predicted octanol–water partition coefficient (Wildman–Crippen LogP) is 3.07. The summed E-state index contributed by atoms with van der Waals surface area (Å²) in [6.45, 7) is 2.46. The van der Waals surface area contributed by atoms with Crippen LogP contribution in [0.3, 0.4) is 0 Å². The van der Waals surface area contributed by atoms with E-state index in [1.807, 2.05) is 25.1 Å². The van der Waals surface area contributed by atoms with Crippen LogP contribution in [0.25, 0.3) is 22.6 Å². The van der Waals surface area contributed by atoms with Crippen LogP contribution in [0.5, 0.6) is 0 Å². The van der Waals surface area contributed by atoms with Crippen LogP contribution in [0.2, 0.25) is 0 Å². The highest BCUT2D eigenvalue weighted by Gasteiger charge is 2.31. The molecule has 30 heavy (non-hydrogen) atoms. The van der Waals surface area contributed by atoms with Gasteiger partial charge in [0.1, 0.15) is 0 Å². The minimum absolute atomic E-state index is 0.107. The second-order valence-corrected chi connectivity index (χ2v) is 7.57. The van der Waals surface area contributed by atoms with Gasteiger partial charge in [-0.1, -0.05) is 23.2 Å². The largest absolute Gasteiger partial charge is 0.336 e. The van der Waals surface area contributed by atoms with Gasteiger partial charge in [-0.05, 0) is 25.8 Å². The molecule has 5 heterocycles. The van der Waals surface area contributed by atoms with E-state index >= 15 is 0 Å². The fraction of sp³-hybridized carbons (Fsp3) is 0.400. The third kappa shape index (κ3) is 3.23. The molecule has 0 aromatic carbocycles. The summed E-state index contributed by atoms with van der Waals surface area (Å²) in [7, 11) is 1.83. The van der Waals surface area contributed by atoms with Crippen molar-refractivity contribution in [1.29, 1.82) is 0 Å². The van der Waals surface area contributed by atoms with Crippen molar-refractivity contribution >= 4 is 17.0 Å². The van der Waals surface area contributed by atoms with E-state index in [9.17, 15) is 4.79 Å². The number of aryl methyl sites for hydroxylation is 2. The number of pyridine rings is 1. The summed E-state index contributed by atoms with van der Waals surface area (Å²) in [6.07, 6.45) is 8.78. The highest BCUT2D eigenvalue weighted by atomic mass is 16.5. The van der Waals surface area contributed by atoms with Gasteiger partial charge in [0.15, 0.2) is 5.82 Å². The number of hydrogen-bond acceptors (Lipinski definition) is 8. The molecule has 0 unspecified atom stereocenters. The maximum absolute atomic E-state index is 13.4. The lowest BCUT2D eigenvalue weighted by Crippen LogP contribution is -2.35. The van der Waals surface area contributed by atoms with Gasteiger partial charge in [0.25, 0.3) is 17.5 Å². The molecule has 0 bridgehead atoms. The lowest BCUT2D eigenvalue weighted by atomic mass is 10.1. The van der Waals surface area contributed by atoms with Crippen LogP contribution in [-0.2, 0) is 7.05 Å². The number of hydrogen-bond donors (Lipinski definition) is 0. The van der Waals surface area contributed by atoms with Gasteiger partial charge in [-0.25, -0.2) is 4.98 Å². The Morgan fingerprint density at radius 1 is 1.17 bits per heavy atom. The number of carbonyl (C=O) groups is 1. The second-order valence-electron chi connectivity index (χ2n) is 7.57. The number of rotatable bonds is 3. The maximum atomic E-state index is 13.4. The molecule has 1 atom stereocenters. The molecule has 1 saturated heterocycles. The first-order valence-electron chi connectivity index (χ1n) is 9.96. The van der Waals surface area contributed by atoms with Gasteiger partial charge < -0.3 is 13.9 Å². The lowest BCUT2D eigenvalue weighted by Gasteiger charge is -2.27. The van der Waals surface area contributed by atoms with E-state index < -0.39 is 0 Å². The third-order valence-corrected chi connectivity index (χ3v) is 5.46. The van der Waals surface area contributed by atoms with Crippen molar-refractivity contribution in [2.45, 2.75) is 38.6 Å². The van der Waals surface area contributed by atoms with E-state index in [1.165, 1.54) is 6.20 Å². The van der Waals surface area contributed by atoms with E-state index in [0.29, 0.717) is 35.2 Å². The molecule has 0 N–H and O–H groups in total. The third-order valence-electron chi connectivity index (χ3n) is 5.46. The SMILES string of the molecule is Cc1noc2ncc(C(=O)N3CCCCC[C@H]3c3noc(-c4cnn(C)c4)n3)cc12. The van der Waals surface area contributed by atoms with E-state index in [-0.39, 0.29) is 11.9 Å². The molecule has 4 aromatic rings. The van der Waals surface area contributed by atoms with Crippen molar-refractivity contribution in [3.63, 3.8) is 0 Å². The number of amides is 1. The van der Waals surface area contributed by atoms with Crippen molar-refractivity contribution in [1.82, 2.24) is 35.0 Å². The average molecular weight is 407 g/mol. The first-order valence-corrected chi connectivity index (χ1v) is 9.96. The van der Waals surface area contributed by atoms with Crippen LogP contribution < -0.4 is 0 Å². The zero-order chi connectivity index (χ0) is 20.7. The summed E-state index contributed by atoms with van der Waals surface area (Å²) in [5.74, 6) is 0.807. The Hall–Kier alpha value is -3.56. The van der Waals surface area contributed by atoms with Gasteiger partial charge in [-0.2, -0.15) is 10.1 Å². The first kappa shape index (κ1) is 18.5. The van der Waals surface area contributed by atoms with Gasteiger partial charge in [0.2, 0.25) is 0 Å². The summed E-state index contributed by atoms with van der Waals surface area (Å²) in [6, 6.07) is 1.53. The quantitative estimate of drug-likeness (QED) is 0.509. The predicted molar refractivity (Wildman–Crippen MR) is 105 cm³/mol. The van der Waals surface area contributed by atoms with Crippen LogP contribution in [0, 0.1) is 6.92 Å². The molecule has 10 nitrogen and oxygen atoms in total. The monoisotopic (exact) mass is 407 g/mol. The summed E-state index contributed by atoms with van der Waals surface area (Å²) in [5, 5.41) is 13.0. The van der Waals surface area contributed by atoms with E-state index in [0.717, 1.165) is 36.6 Å². The Morgan fingerprint density at radius 2 is 2.07 bits per heavy atom. The molecule has 4 aromatic heterocycles. The Balaban J connectivity index is 1.47. The molecule has 1 aliphatic heterocycles. The average Bonchev–Trinajstić information content (AvgIpc) is 3.44. The zero-order valence-corrected chi connectivity index (χ0v) is 16.8. The van der Waals surface area contributed by atoms with Crippen LogP contribution in [0.15, 0.2) is 33.7 Å². The smallest absolute Gasteiger partial charge is 0.261 e. The van der Waals surface area contributed by atoms with Gasteiger partial charge in [0.05, 0.1) is 34.4 Å². The molecule has 10 heteroatoms. The fourth-order valence-electron chi connectivity index (χ4n) is 3.87. The summed E-state index contributed by atoms with van der Waals surface area (Å²) < 4.78 is 12.3. The molecule has 1 aliphatic rings. The summed E-state index contributed by atoms with van der Waals surface area (Å²) in [4.78, 5) is 24.1. The van der Waals surface area contributed by atoms with E-state index in [1.54, 1.807) is 16.9 Å².